The van der Waals surface area contributed by atoms with Crippen molar-refractivity contribution < 1.29 is 9.53 Å². The minimum absolute atomic E-state index is 0.0305. The lowest BCUT2D eigenvalue weighted by Gasteiger charge is -2.39. The molecule has 3 aromatic rings. The summed E-state index contributed by atoms with van der Waals surface area (Å²) in [5.41, 5.74) is 10.2. The minimum Gasteiger partial charge on any atom is -0.474 e. The zero-order valence-corrected chi connectivity index (χ0v) is 24.3. The smallest absolute Gasteiger partial charge is 0.272 e. The van der Waals surface area contributed by atoms with Crippen molar-refractivity contribution in [2.45, 2.75) is 83.0 Å². The molecule has 0 saturated carbocycles. The van der Waals surface area contributed by atoms with Crippen LogP contribution in [-0.4, -0.2) is 29.9 Å². The van der Waals surface area contributed by atoms with Crippen molar-refractivity contribution in [1.82, 2.24) is 5.32 Å². The fourth-order valence-corrected chi connectivity index (χ4v) is 6.18. The first-order valence-corrected chi connectivity index (χ1v) is 14.9. The molecular formula is C34H43N5O2. The number of amidine groups is 1. The Morgan fingerprint density at radius 2 is 1.93 bits per heavy atom. The topological polar surface area (TPSA) is 103 Å². The molecule has 5 N–H and O–H groups in total. The molecule has 5 rings (SSSR count). The van der Waals surface area contributed by atoms with Crippen molar-refractivity contribution in [3.63, 3.8) is 0 Å². The van der Waals surface area contributed by atoms with E-state index in [0.29, 0.717) is 36.0 Å². The van der Waals surface area contributed by atoms with Crippen molar-refractivity contribution in [3.05, 3.63) is 89.5 Å². The lowest BCUT2D eigenvalue weighted by molar-refractivity contribution is -0.126. The van der Waals surface area contributed by atoms with E-state index < -0.39 is 6.10 Å². The first-order chi connectivity index (χ1) is 19.8. The monoisotopic (exact) mass is 553 g/mol. The number of hydrogen-bond donors (Lipinski definition) is 4. The second-order valence-corrected chi connectivity index (χ2v) is 11.9. The maximum Gasteiger partial charge on any atom is 0.272 e. The Kier molecular flexibility index (Phi) is 8.93. The maximum atomic E-state index is 13.9. The molecular weight excluding hydrogens is 510 g/mol. The Morgan fingerprint density at radius 3 is 2.71 bits per heavy atom. The number of benzene rings is 3. The molecule has 3 aromatic carbocycles. The molecule has 7 heteroatoms. The third kappa shape index (κ3) is 7.09. The van der Waals surface area contributed by atoms with Gasteiger partial charge in [-0.3, -0.25) is 10.2 Å². The molecule has 1 amide bonds. The number of nitrogen functional groups attached to an aromatic ring is 1. The Bertz CT molecular complexity index is 1360. The standard InChI is InChI=1S/C34H43N5O2/c1-24-11-10-19-34(2,38-24)18-7-4-8-20-39-29-22-28(37-23-25-12-5-3-6-13-25)16-17-30(29)41-31(33(39)40)26-14-9-15-27(21-26)32(35)36/h3,5-6,9,12-17,21-22,24,31,37-38H,4,7-8,10-11,18-20,23H2,1-2H3,(H3,35,36)/t24-,31?,34+/m0/s1. The first-order valence-electron chi connectivity index (χ1n) is 14.9. The van der Waals surface area contributed by atoms with Gasteiger partial charge in [0.2, 0.25) is 6.10 Å². The highest BCUT2D eigenvalue weighted by Gasteiger charge is 2.36. The summed E-state index contributed by atoms with van der Waals surface area (Å²) in [5, 5.41) is 15.1. The Morgan fingerprint density at radius 1 is 1.10 bits per heavy atom. The van der Waals surface area contributed by atoms with Crippen molar-refractivity contribution in [2.24, 2.45) is 5.73 Å². The van der Waals surface area contributed by atoms with Gasteiger partial charge in [0.15, 0.2) is 0 Å². The van der Waals surface area contributed by atoms with Crippen molar-refractivity contribution in [1.29, 1.82) is 5.41 Å². The van der Waals surface area contributed by atoms with Crippen molar-refractivity contribution >= 4 is 23.1 Å². The van der Waals surface area contributed by atoms with Crippen LogP contribution >= 0.6 is 0 Å². The van der Waals surface area contributed by atoms with Gasteiger partial charge < -0.3 is 26.0 Å². The molecule has 1 fully saturated rings. The van der Waals surface area contributed by atoms with Gasteiger partial charge in [-0.15, -0.1) is 0 Å². The summed E-state index contributed by atoms with van der Waals surface area (Å²) in [6.07, 6.45) is 7.25. The number of nitrogens with two attached hydrogens (primary N) is 1. The second-order valence-electron chi connectivity index (χ2n) is 11.9. The predicted molar refractivity (Wildman–Crippen MR) is 167 cm³/mol. The van der Waals surface area contributed by atoms with Gasteiger partial charge in [0, 0.05) is 41.5 Å². The fourth-order valence-electron chi connectivity index (χ4n) is 6.18. The number of ether oxygens (including phenoxy) is 1. The van der Waals surface area contributed by atoms with Gasteiger partial charge in [0.25, 0.3) is 5.91 Å². The number of amides is 1. The average Bonchev–Trinajstić information content (AvgIpc) is 2.97. The first kappa shape index (κ1) is 28.7. The molecule has 0 bridgehead atoms. The minimum atomic E-state index is -0.781. The summed E-state index contributed by atoms with van der Waals surface area (Å²) in [7, 11) is 0. The van der Waals surface area contributed by atoms with Gasteiger partial charge >= 0.3 is 0 Å². The van der Waals surface area contributed by atoms with E-state index in [1.54, 1.807) is 12.1 Å². The number of hydrogen-bond acceptors (Lipinski definition) is 5. The molecule has 0 aromatic heterocycles. The van der Waals surface area contributed by atoms with Crippen LogP contribution in [0, 0.1) is 5.41 Å². The molecule has 7 nitrogen and oxygen atoms in total. The third-order valence-electron chi connectivity index (χ3n) is 8.40. The number of carbonyl (C=O) groups excluding carboxylic acids is 1. The van der Waals surface area contributed by atoms with Gasteiger partial charge in [-0.25, -0.2) is 0 Å². The van der Waals surface area contributed by atoms with Crippen LogP contribution in [0.25, 0.3) is 0 Å². The average molecular weight is 554 g/mol. The SMILES string of the molecule is C[C@H]1CCC[C@@](C)(CCCCCN2C(=O)C(c3cccc(C(=N)N)c3)Oc3ccc(NCc4ccccc4)cc32)N1. The largest absolute Gasteiger partial charge is 0.474 e. The van der Waals surface area contributed by atoms with Gasteiger partial charge in [-0.05, 0) is 69.4 Å². The Hall–Kier alpha value is -3.84. The van der Waals surface area contributed by atoms with Crippen molar-refractivity contribution in [2.75, 3.05) is 16.8 Å². The van der Waals surface area contributed by atoms with Crippen LogP contribution in [0.1, 0.15) is 81.6 Å². The molecule has 0 radical (unpaired) electrons. The number of nitrogens with zero attached hydrogens (tertiary/aromatic N) is 1. The summed E-state index contributed by atoms with van der Waals surface area (Å²) in [6.45, 7) is 5.96. The molecule has 41 heavy (non-hydrogen) atoms. The van der Waals surface area contributed by atoms with Crippen LogP contribution in [0.15, 0.2) is 72.8 Å². The number of rotatable bonds is 11. The normalized spacial score (nSPS) is 22.1. The molecule has 0 aliphatic carbocycles. The number of carbonyl (C=O) groups is 1. The highest BCUT2D eigenvalue weighted by molar-refractivity contribution is 6.01. The maximum absolute atomic E-state index is 13.9. The highest BCUT2D eigenvalue weighted by atomic mass is 16.5. The summed E-state index contributed by atoms with van der Waals surface area (Å²) < 4.78 is 6.30. The predicted octanol–water partition coefficient (Wildman–Crippen LogP) is 6.53. The molecule has 1 unspecified atom stereocenters. The lowest BCUT2D eigenvalue weighted by Crippen LogP contribution is -2.50. The van der Waals surface area contributed by atoms with E-state index in [2.05, 4.69) is 36.6 Å². The summed E-state index contributed by atoms with van der Waals surface area (Å²) in [6, 6.07) is 24.0. The molecule has 2 aliphatic heterocycles. The molecule has 216 valence electrons. The summed E-state index contributed by atoms with van der Waals surface area (Å²) >= 11 is 0. The van der Waals surface area contributed by atoms with Crippen LogP contribution in [0.4, 0.5) is 11.4 Å². The highest BCUT2D eigenvalue weighted by Crippen LogP contribution is 2.41. The van der Waals surface area contributed by atoms with Crippen molar-refractivity contribution in [3.8, 4) is 5.75 Å². The van der Waals surface area contributed by atoms with E-state index in [4.69, 9.17) is 15.9 Å². The number of fused-ring (bicyclic) bond motifs is 1. The van der Waals surface area contributed by atoms with Gasteiger partial charge in [-0.1, -0.05) is 67.8 Å². The molecule has 2 aliphatic rings. The van der Waals surface area contributed by atoms with E-state index >= 15 is 0 Å². The van der Waals surface area contributed by atoms with E-state index in [1.807, 2.05) is 53.4 Å². The second kappa shape index (κ2) is 12.8. The number of unbranched alkanes of at least 4 members (excludes halogenated alkanes) is 2. The Labute approximate surface area is 244 Å². The zero-order chi connectivity index (χ0) is 28.8. The van der Waals surface area contributed by atoms with E-state index in [1.165, 1.54) is 24.8 Å². The molecule has 1 saturated heterocycles. The number of nitrogens with one attached hydrogen (secondary N) is 3. The van der Waals surface area contributed by atoms with E-state index in [0.717, 1.165) is 37.1 Å². The number of piperidine rings is 1. The van der Waals surface area contributed by atoms with Crippen LogP contribution in [0.5, 0.6) is 5.75 Å². The quantitative estimate of drug-likeness (QED) is 0.123. The fraction of sp³-hybridized carbons (Fsp3) is 0.412. The number of anilines is 2. The van der Waals surface area contributed by atoms with E-state index in [-0.39, 0.29) is 17.3 Å². The van der Waals surface area contributed by atoms with Crippen LogP contribution in [-0.2, 0) is 11.3 Å². The lowest BCUT2D eigenvalue weighted by atomic mass is 9.84. The zero-order valence-electron chi connectivity index (χ0n) is 24.3. The summed E-state index contributed by atoms with van der Waals surface area (Å²) in [4.78, 5) is 15.8. The molecule has 3 atom stereocenters. The van der Waals surface area contributed by atoms with Gasteiger partial charge in [0.05, 0.1) is 5.69 Å². The molecule has 0 spiro atoms. The third-order valence-corrected chi connectivity index (χ3v) is 8.40. The Balaban J connectivity index is 1.31. The van der Waals surface area contributed by atoms with Gasteiger partial charge in [0.1, 0.15) is 11.6 Å². The summed E-state index contributed by atoms with van der Waals surface area (Å²) in [5.74, 6) is 0.561. The van der Waals surface area contributed by atoms with Gasteiger partial charge in [-0.2, -0.15) is 0 Å². The van der Waals surface area contributed by atoms with Crippen LogP contribution < -0.4 is 26.0 Å². The van der Waals surface area contributed by atoms with Crippen LogP contribution in [0.2, 0.25) is 0 Å². The van der Waals surface area contributed by atoms with E-state index in [9.17, 15) is 4.79 Å². The molecule has 2 heterocycles. The van der Waals surface area contributed by atoms with Crippen LogP contribution in [0.3, 0.4) is 0 Å².